The maximum absolute atomic E-state index is 12.7. The Kier molecular flexibility index (Phi) is 3.57. The van der Waals surface area contributed by atoms with E-state index in [2.05, 4.69) is 0 Å². The summed E-state index contributed by atoms with van der Waals surface area (Å²) in [6.07, 6.45) is 0. The number of carbonyl (C=O) groups is 1. The van der Waals surface area contributed by atoms with E-state index in [0.717, 1.165) is 22.4 Å². The highest BCUT2D eigenvalue weighted by Gasteiger charge is 2.26. The molecule has 3 rings (SSSR count). The third-order valence-corrected chi connectivity index (χ3v) is 3.73. The second kappa shape index (κ2) is 5.52. The summed E-state index contributed by atoms with van der Waals surface area (Å²) in [4.78, 5) is 19.2. The summed E-state index contributed by atoms with van der Waals surface area (Å²) in [5.74, 6) is 0.0512. The third-order valence-electron chi connectivity index (χ3n) is 3.73. The van der Waals surface area contributed by atoms with Gasteiger partial charge in [-0.25, -0.2) is 0 Å². The molecule has 2 aromatic rings. The summed E-state index contributed by atoms with van der Waals surface area (Å²) >= 11 is 0. The molecule has 0 saturated heterocycles. The highest BCUT2D eigenvalue weighted by Crippen LogP contribution is 2.21. The van der Waals surface area contributed by atoms with Crippen LogP contribution in [0.1, 0.15) is 35.3 Å². The molecule has 106 valence electrons. The van der Waals surface area contributed by atoms with Crippen molar-refractivity contribution in [2.75, 3.05) is 6.67 Å². The van der Waals surface area contributed by atoms with Crippen molar-refractivity contribution < 1.29 is 4.79 Å². The topological polar surface area (TPSA) is 32.7 Å². The standard InChI is InChI=1S/C18H18N2O/c1-13(2)20-12-19-17(14-8-4-3-5-9-14)15-10-6-7-11-16(15)18(20)21/h3-11,13H,12H2,1-2H3. The Morgan fingerprint density at radius 3 is 2.24 bits per heavy atom. The lowest BCUT2D eigenvalue weighted by Crippen LogP contribution is -2.36. The maximum atomic E-state index is 12.7. The molecule has 0 aromatic heterocycles. The van der Waals surface area contributed by atoms with E-state index in [-0.39, 0.29) is 11.9 Å². The van der Waals surface area contributed by atoms with Crippen molar-refractivity contribution in [3.05, 3.63) is 71.3 Å². The number of carbonyl (C=O) groups excluding carboxylic acids is 1. The summed E-state index contributed by atoms with van der Waals surface area (Å²) in [6.45, 7) is 4.43. The van der Waals surface area contributed by atoms with E-state index in [4.69, 9.17) is 4.99 Å². The number of aliphatic imine (C=N–C) groups is 1. The van der Waals surface area contributed by atoms with E-state index in [1.165, 1.54) is 0 Å². The highest BCUT2D eigenvalue weighted by molar-refractivity contribution is 6.18. The van der Waals surface area contributed by atoms with Crippen LogP contribution < -0.4 is 0 Å². The minimum absolute atomic E-state index is 0.0512. The van der Waals surface area contributed by atoms with Crippen LogP contribution in [0.4, 0.5) is 0 Å². The quantitative estimate of drug-likeness (QED) is 0.829. The lowest BCUT2D eigenvalue weighted by Gasteiger charge is -2.23. The van der Waals surface area contributed by atoms with E-state index in [1.807, 2.05) is 68.4 Å². The van der Waals surface area contributed by atoms with Gasteiger partial charge >= 0.3 is 0 Å². The Labute approximate surface area is 124 Å². The number of hydrogen-bond acceptors (Lipinski definition) is 2. The molecule has 21 heavy (non-hydrogen) atoms. The molecule has 1 aliphatic rings. The number of hydrogen-bond donors (Lipinski definition) is 0. The van der Waals surface area contributed by atoms with E-state index in [9.17, 15) is 4.79 Å². The van der Waals surface area contributed by atoms with Crippen LogP contribution in [0.25, 0.3) is 0 Å². The molecule has 0 radical (unpaired) electrons. The fraction of sp³-hybridized carbons (Fsp3) is 0.222. The van der Waals surface area contributed by atoms with Crippen LogP contribution in [-0.4, -0.2) is 29.2 Å². The minimum atomic E-state index is 0.0512. The average molecular weight is 278 g/mol. The van der Waals surface area contributed by atoms with Crippen LogP contribution in [0, 0.1) is 0 Å². The van der Waals surface area contributed by atoms with Crippen molar-refractivity contribution >= 4 is 11.6 Å². The number of nitrogens with zero attached hydrogens (tertiary/aromatic N) is 2. The van der Waals surface area contributed by atoms with Gasteiger partial charge < -0.3 is 4.90 Å². The first-order chi connectivity index (χ1) is 10.2. The molecule has 3 nitrogen and oxygen atoms in total. The Bertz CT molecular complexity index is 689. The Morgan fingerprint density at radius 1 is 0.952 bits per heavy atom. The summed E-state index contributed by atoms with van der Waals surface area (Å²) in [6, 6.07) is 17.9. The fourth-order valence-corrected chi connectivity index (χ4v) is 2.57. The predicted octanol–water partition coefficient (Wildman–Crippen LogP) is 3.35. The van der Waals surface area contributed by atoms with Crippen LogP contribution in [-0.2, 0) is 0 Å². The molecule has 0 fully saturated rings. The van der Waals surface area contributed by atoms with Gasteiger partial charge in [0, 0.05) is 22.7 Å². The molecule has 3 heteroatoms. The molecule has 1 amide bonds. The number of rotatable bonds is 2. The van der Waals surface area contributed by atoms with E-state index >= 15 is 0 Å². The molecule has 2 aromatic carbocycles. The second-order valence-electron chi connectivity index (χ2n) is 5.43. The van der Waals surface area contributed by atoms with Gasteiger partial charge in [-0.05, 0) is 19.9 Å². The van der Waals surface area contributed by atoms with Crippen molar-refractivity contribution in [1.29, 1.82) is 0 Å². The van der Waals surface area contributed by atoms with Crippen LogP contribution in [0.5, 0.6) is 0 Å². The summed E-state index contributed by atoms with van der Waals surface area (Å²) in [7, 11) is 0. The monoisotopic (exact) mass is 278 g/mol. The summed E-state index contributed by atoms with van der Waals surface area (Å²) < 4.78 is 0. The van der Waals surface area contributed by atoms with Crippen LogP contribution in [0.15, 0.2) is 59.6 Å². The van der Waals surface area contributed by atoms with E-state index in [1.54, 1.807) is 4.90 Å². The molecule has 0 bridgehead atoms. The molecule has 0 unspecified atom stereocenters. The SMILES string of the molecule is CC(C)N1CN=C(c2ccccc2)c2ccccc2C1=O. The molecular weight excluding hydrogens is 260 g/mol. The van der Waals surface area contributed by atoms with Crippen molar-refractivity contribution in [3.8, 4) is 0 Å². The zero-order chi connectivity index (χ0) is 14.8. The molecule has 1 aliphatic heterocycles. The molecular formula is C18H18N2O. The lowest BCUT2D eigenvalue weighted by atomic mass is 9.97. The predicted molar refractivity (Wildman–Crippen MR) is 84.7 cm³/mol. The maximum Gasteiger partial charge on any atom is 0.256 e. The average Bonchev–Trinajstić information content (AvgIpc) is 2.66. The molecule has 0 atom stereocenters. The van der Waals surface area contributed by atoms with Crippen LogP contribution >= 0.6 is 0 Å². The molecule has 1 heterocycles. The van der Waals surface area contributed by atoms with Gasteiger partial charge in [-0.3, -0.25) is 9.79 Å². The molecule has 0 N–H and O–H groups in total. The summed E-state index contributed by atoms with van der Waals surface area (Å²) in [5, 5.41) is 0. The van der Waals surface area contributed by atoms with E-state index < -0.39 is 0 Å². The van der Waals surface area contributed by atoms with Gasteiger partial charge in [-0.1, -0.05) is 48.5 Å². The van der Waals surface area contributed by atoms with Gasteiger partial charge in [0.05, 0.1) is 5.71 Å². The van der Waals surface area contributed by atoms with E-state index in [0.29, 0.717) is 6.67 Å². The first-order valence-corrected chi connectivity index (χ1v) is 7.18. The number of amides is 1. The van der Waals surface area contributed by atoms with Crippen molar-refractivity contribution in [2.45, 2.75) is 19.9 Å². The normalized spacial score (nSPS) is 14.7. The zero-order valence-corrected chi connectivity index (χ0v) is 12.3. The Balaban J connectivity index is 2.17. The molecule has 0 aliphatic carbocycles. The van der Waals surface area contributed by atoms with Gasteiger partial charge in [-0.15, -0.1) is 0 Å². The Hall–Kier alpha value is -2.42. The lowest BCUT2D eigenvalue weighted by molar-refractivity contribution is 0.0715. The first-order valence-electron chi connectivity index (χ1n) is 7.18. The van der Waals surface area contributed by atoms with Crippen molar-refractivity contribution in [3.63, 3.8) is 0 Å². The van der Waals surface area contributed by atoms with Crippen LogP contribution in [0.2, 0.25) is 0 Å². The van der Waals surface area contributed by atoms with Gasteiger partial charge in [0.1, 0.15) is 6.67 Å². The Morgan fingerprint density at radius 2 is 1.57 bits per heavy atom. The van der Waals surface area contributed by atoms with Gasteiger partial charge in [-0.2, -0.15) is 0 Å². The third kappa shape index (κ3) is 2.47. The number of benzene rings is 2. The van der Waals surface area contributed by atoms with Gasteiger partial charge in [0.15, 0.2) is 0 Å². The summed E-state index contributed by atoms with van der Waals surface area (Å²) in [5.41, 5.74) is 3.58. The van der Waals surface area contributed by atoms with Crippen LogP contribution in [0.3, 0.4) is 0 Å². The smallest absolute Gasteiger partial charge is 0.256 e. The zero-order valence-electron chi connectivity index (χ0n) is 12.3. The van der Waals surface area contributed by atoms with Gasteiger partial charge in [0.25, 0.3) is 5.91 Å². The molecule has 0 spiro atoms. The molecule has 0 saturated carbocycles. The van der Waals surface area contributed by atoms with Crippen molar-refractivity contribution in [2.24, 2.45) is 4.99 Å². The first kappa shape index (κ1) is 13.6. The van der Waals surface area contributed by atoms with Gasteiger partial charge in [0.2, 0.25) is 0 Å². The number of fused-ring (bicyclic) bond motifs is 1. The van der Waals surface area contributed by atoms with Crippen molar-refractivity contribution in [1.82, 2.24) is 4.90 Å². The fourth-order valence-electron chi connectivity index (χ4n) is 2.57. The largest absolute Gasteiger partial charge is 0.317 e. The second-order valence-corrected chi connectivity index (χ2v) is 5.43. The minimum Gasteiger partial charge on any atom is -0.317 e. The highest BCUT2D eigenvalue weighted by atomic mass is 16.2.